The summed E-state index contributed by atoms with van der Waals surface area (Å²) in [6.45, 7) is 5.12. The van der Waals surface area contributed by atoms with Gasteiger partial charge in [0, 0.05) is 25.1 Å². The Morgan fingerprint density at radius 3 is 1.74 bits per heavy atom. The van der Waals surface area contributed by atoms with E-state index in [0.717, 1.165) is 50.7 Å². The molecule has 0 rings (SSSR count). The van der Waals surface area contributed by atoms with Crippen molar-refractivity contribution in [3.63, 3.8) is 0 Å². The third-order valence-electron chi connectivity index (χ3n) is 5.19. The SMILES string of the molecule is CCC=CCC=CCC=CCC=CCC=CCC=CCCC(=O)NC(C)NCCCNC(=O)C=CC(=O)OC. The normalized spacial score (nSPS) is 13.2. The number of hydrogen-bond acceptors (Lipinski definition) is 5. The van der Waals surface area contributed by atoms with Crippen molar-refractivity contribution in [1.29, 1.82) is 0 Å². The smallest absolute Gasteiger partial charge is 0.330 e. The summed E-state index contributed by atoms with van der Waals surface area (Å²) in [5, 5.41) is 8.78. The van der Waals surface area contributed by atoms with Crippen LogP contribution < -0.4 is 16.0 Å². The second-order valence-electron chi connectivity index (χ2n) is 8.70. The van der Waals surface area contributed by atoms with E-state index >= 15 is 0 Å². The van der Waals surface area contributed by atoms with E-state index in [-0.39, 0.29) is 18.0 Å². The average molecular weight is 540 g/mol. The Morgan fingerprint density at radius 2 is 1.23 bits per heavy atom. The second-order valence-corrected chi connectivity index (χ2v) is 8.70. The highest BCUT2D eigenvalue weighted by Gasteiger charge is 2.05. The molecule has 0 fully saturated rings. The summed E-state index contributed by atoms with van der Waals surface area (Å²) in [5.41, 5.74) is 0. The van der Waals surface area contributed by atoms with Crippen molar-refractivity contribution in [3.05, 3.63) is 85.1 Å². The predicted octanol–water partition coefficient (Wildman–Crippen LogP) is 5.75. The zero-order valence-electron chi connectivity index (χ0n) is 24.1. The number of carbonyl (C=O) groups excluding carboxylic acids is 3. The molecular weight excluding hydrogens is 490 g/mol. The van der Waals surface area contributed by atoms with Crippen LogP contribution in [0.3, 0.4) is 0 Å². The Balaban J connectivity index is 3.72. The van der Waals surface area contributed by atoms with Gasteiger partial charge in [-0.3, -0.25) is 14.9 Å². The van der Waals surface area contributed by atoms with Crippen LogP contribution in [0, 0.1) is 0 Å². The third-order valence-corrected chi connectivity index (χ3v) is 5.19. The van der Waals surface area contributed by atoms with Crippen LogP contribution in [0.15, 0.2) is 85.1 Å². The van der Waals surface area contributed by atoms with Crippen molar-refractivity contribution in [2.45, 2.75) is 77.8 Å². The number of esters is 1. The second kappa shape index (κ2) is 27.6. The van der Waals surface area contributed by atoms with Gasteiger partial charge in [0.25, 0.3) is 0 Å². The van der Waals surface area contributed by atoms with Crippen molar-refractivity contribution >= 4 is 17.8 Å². The molecule has 0 aliphatic rings. The van der Waals surface area contributed by atoms with Crippen LogP contribution in [-0.2, 0) is 19.1 Å². The van der Waals surface area contributed by atoms with Crippen molar-refractivity contribution in [2.75, 3.05) is 20.2 Å². The fourth-order valence-corrected chi connectivity index (χ4v) is 3.11. The first kappa shape index (κ1) is 35.5. The van der Waals surface area contributed by atoms with Gasteiger partial charge in [-0.05, 0) is 64.8 Å². The first-order valence-electron chi connectivity index (χ1n) is 14.0. The van der Waals surface area contributed by atoms with Gasteiger partial charge in [0.2, 0.25) is 11.8 Å². The molecular formula is C32H49N3O4. The number of carbonyl (C=O) groups is 3. The highest BCUT2D eigenvalue weighted by molar-refractivity contribution is 5.94. The monoisotopic (exact) mass is 539 g/mol. The fourth-order valence-electron chi connectivity index (χ4n) is 3.11. The molecule has 2 amide bonds. The Hall–Kier alpha value is -3.45. The lowest BCUT2D eigenvalue weighted by atomic mass is 10.2. The lowest BCUT2D eigenvalue weighted by Gasteiger charge is -2.15. The number of allylic oxidation sites excluding steroid dienone is 12. The van der Waals surface area contributed by atoms with E-state index in [1.54, 1.807) is 0 Å². The largest absolute Gasteiger partial charge is 0.466 e. The lowest BCUT2D eigenvalue weighted by molar-refractivity contribution is -0.135. The summed E-state index contributed by atoms with van der Waals surface area (Å²) in [4.78, 5) is 34.5. The molecule has 0 heterocycles. The maximum atomic E-state index is 12.0. The summed E-state index contributed by atoms with van der Waals surface area (Å²) in [6.07, 6.45) is 35.7. The minimum absolute atomic E-state index is 0.00391. The van der Waals surface area contributed by atoms with E-state index in [2.05, 4.69) is 94.4 Å². The van der Waals surface area contributed by atoms with E-state index in [1.807, 2.05) is 13.0 Å². The number of hydrogen-bond donors (Lipinski definition) is 3. The van der Waals surface area contributed by atoms with Gasteiger partial charge < -0.3 is 15.4 Å². The van der Waals surface area contributed by atoms with Gasteiger partial charge in [0.15, 0.2) is 0 Å². The van der Waals surface area contributed by atoms with Crippen molar-refractivity contribution in [1.82, 2.24) is 16.0 Å². The molecule has 7 nitrogen and oxygen atoms in total. The first-order chi connectivity index (χ1) is 19.0. The van der Waals surface area contributed by atoms with Crippen molar-refractivity contribution < 1.29 is 19.1 Å². The zero-order chi connectivity index (χ0) is 28.8. The van der Waals surface area contributed by atoms with Crippen LogP contribution in [0.5, 0.6) is 0 Å². The Labute approximate surface area is 235 Å². The van der Waals surface area contributed by atoms with Gasteiger partial charge in [-0.1, -0.05) is 79.8 Å². The molecule has 0 bridgehead atoms. The summed E-state index contributed by atoms with van der Waals surface area (Å²) in [6, 6.07) is 0. The van der Waals surface area contributed by atoms with Gasteiger partial charge in [-0.25, -0.2) is 4.79 Å². The third kappa shape index (κ3) is 27.4. The van der Waals surface area contributed by atoms with Crippen LogP contribution in [-0.4, -0.2) is 44.1 Å². The number of rotatable bonds is 22. The molecule has 0 aromatic heterocycles. The van der Waals surface area contributed by atoms with Gasteiger partial charge in [0.1, 0.15) is 0 Å². The molecule has 1 unspecified atom stereocenters. The summed E-state index contributed by atoms with van der Waals surface area (Å²) in [7, 11) is 1.25. The van der Waals surface area contributed by atoms with Crippen LogP contribution in [0.25, 0.3) is 0 Å². The Bertz CT molecular complexity index is 867. The molecule has 0 saturated heterocycles. The van der Waals surface area contributed by atoms with Gasteiger partial charge in [-0.15, -0.1) is 0 Å². The molecule has 0 saturated carbocycles. The van der Waals surface area contributed by atoms with Crippen LogP contribution in [0.4, 0.5) is 0 Å². The first-order valence-corrected chi connectivity index (χ1v) is 14.0. The predicted molar refractivity (Wildman–Crippen MR) is 162 cm³/mol. The van der Waals surface area contributed by atoms with E-state index < -0.39 is 5.97 Å². The number of ether oxygens (including phenoxy) is 1. The summed E-state index contributed by atoms with van der Waals surface area (Å²) < 4.78 is 4.42. The molecule has 7 heteroatoms. The number of amides is 2. The van der Waals surface area contributed by atoms with Gasteiger partial charge in [-0.2, -0.15) is 0 Å². The van der Waals surface area contributed by atoms with E-state index in [4.69, 9.17) is 0 Å². The molecule has 39 heavy (non-hydrogen) atoms. The van der Waals surface area contributed by atoms with E-state index in [1.165, 1.54) is 7.11 Å². The van der Waals surface area contributed by atoms with E-state index in [0.29, 0.717) is 32.4 Å². The maximum absolute atomic E-state index is 12.0. The molecule has 3 N–H and O–H groups in total. The lowest BCUT2D eigenvalue weighted by Crippen LogP contribution is -2.43. The van der Waals surface area contributed by atoms with Crippen molar-refractivity contribution in [2.24, 2.45) is 0 Å². The molecule has 1 atom stereocenters. The number of nitrogens with one attached hydrogen (secondary N) is 3. The minimum Gasteiger partial charge on any atom is -0.466 e. The Morgan fingerprint density at radius 1 is 0.718 bits per heavy atom. The summed E-state index contributed by atoms with van der Waals surface area (Å²) in [5.74, 6) is -0.927. The quantitative estimate of drug-likeness (QED) is 0.0535. The maximum Gasteiger partial charge on any atom is 0.330 e. The average Bonchev–Trinajstić information content (AvgIpc) is 2.92. The van der Waals surface area contributed by atoms with Crippen LogP contribution >= 0.6 is 0 Å². The summed E-state index contributed by atoms with van der Waals surface area (Å²) >= 11 is 0. The molecule has 0 aliphatic carbocycles. The molecule has 0 aliphatic heterocycles. The van der Waals surface area contributed by atoms with Gasteiger partial charge >= 0.3 is 5.97 Å². The molecule has 0 radical (unpaired) electrons. The highest BCUT2D eigenvalue weighted by Crippen LogP contribution is 1.98. The van der Waals surface area contributed by atoms with Crippen molar-refractivity contribution in [3.8, 4) is 0 Å². The molecule has 216 valence electrons. The van der Waals surface area contributed by atoms with Crippen LogP contribution in [0.1, 0.15) is 71.6 Å². The van der Waals surface area contributed by atoms with Crippen LogP contribution in [0.2, 0.25) is 0 Å². The number of methoxy groups -OCH3 is 1. The molecule has 0 aromatic carbocycles. The minimum atomic E-state index is -0.572. The Kier molecular flexibility index (Phi) is 25.1. The molecule has 0 aromatic rings. The zero-order valence-corrected chi connectivity index (χ0v) is 24.1. The topological polar surface area (TPSA) is 96.5 Å². The van der Waals surface area contributed by atoms with Gasteiger partial charge in [0.05, 0.1) is 13.3 Å². The fraction of sp³-hybridized carbons (Fsp3) is 0.469. The standard InChI is InChI=1S/C32H49N3O4/c1-4-5-6-7-8-9-10-11-12-13-14-15-16-17-18-19-20-21-22-24-31(37)35-29(2)33-27-23-28-34-30(36)25-26-32(38)39-3/h5-6,8-9,11-12,14-15,17-18,20-21,25-26,29,33H,4,7,10,13,16,19,22-24,27-28H2,1-3H3,(H,34,36)(H,35,37). The van der Waals surface area contributed by atoms with E-state index in [9.17, 15) is 14.4 Å². The molecule has 0 spiro atoms. The highest BCUT2D eigenvalue weighted by atomic mass is 16.5.